The number of rotatable bonds is 6. The molecule has 1 fully saturated rings. The molecule has 1 atom stereocenters. The zero-order valence-corrected chi connectivity index (χ0v) is 13.2. The van der Waals surface area contributed by atoms with Crippen molar-refractivity contribution in [1.29, 1.82) is 0 Å². The maximum absolute atomic E-state index is 4.35. The Morgan fingerprint density at radius 3 is 3.05 bits per heavy atom. The third-order valence-electron chi connectivity index (χ3n) is 4.19. The van der Waals surface area contributed by atoms with Gasteiger partial charge in [0.05, 0.1) is 11.9 Å². The van der Waals surface area contributed by atoms with Crippen molar-refractivity contribution in [2.45, 2.75) is 46.6 Å². The quantitative estimate of drug-likeness (QED) is 0.862. The Morgan fingerprint density at radius 2 is 2.30 bits per heavy atom. The van der Waals surface area contributed by atoms with Gasteiger partial charge in [-0.2, -0.15) is 0 Å². The highest BCUT2D eigenvalue weighted by Gasteiger charge is 2.20. The van der Waals surface area contributed by atoms with Crippen molar-refractivity contribution >= 4 is 5.69 Å². The van der Waals surface area contributed by atoms with Crippen LogP contribution in [0.15, 0.2) is 18.5 Å². The van der Waals surface area contributed by atoms with E-state index < -0.39 is 0 Å². The topological polar surface area (TPSA) is 28.2 Å². The average Bonchev–Trinajstić information content (AvgIpc) is 2.47. The Labute approximate surface area is 123 Å². The summed E-state index contributed by atoms with van der Waals surface area (Å²) in [6, 6.07) is 2.16. The predicted octanol–water partition coefficient (Wildman–Crippen LogP) is 3.45. The Hall–Kier alpha value is -1.09. The number of anilines is 1. The van der Waals surface area contributed by atoms with E-state index in [0.29, 0.717) is 5.92 Å². The lowest BCUT2D eigenvalue weighted by Crippen LogP contribution is -2.36. The van der Waals surface area contributed by atoms with E-state index in [2.05, 4.69) is 42.0 Å². The molecule has 1 N–H and O–H groups in total. The SMILES string of the molecule is CCC1CCCN(c2cnccc2CNCC(C)C)C1. The van der Waals surface area contributed by atoms with Crippen LogP contribution in [0.4, 0.5) is 5.69 Å². The minimum Gasteiger partial charge on any atom is -0.370 e. The van der Waals surface area contributed by atoms with Crippen molar-refractivity contribution in [3.05, 3.63) is 24.0 Å². The lowest BCUT2D eigenvalue weighted by atomic mass is 9.95. The molecule has 1 unspecified atom stereocenters. The summed E-state index contributed by atoms with van der Waals surface area (Å²) in [6.07, 6.45) is 7.94. The summed E-state index contributed by atoms with van der Waals surface area (Å²) in [4.78, 5) is 6.88. The first-order valence-corrected chi connectivity index (χ1v) is 8.09. The van der Waals surface area contributed by atoms with Crippen LogP contribution in [0.1, 0.15) is 45.6 Å². The number of nitrogens with zero attached hydrogens (tertiary/aromatic N) is 2. The fraction of sp³-hybridized carbons (Fsp3) is 0.706. The molecule has 0 saturated carbocycles. The molecule has 2 heterocycles. The Morgan fingerprint density at radius 1 is 1.45 bits per heavy atom. The standard InChI is InChI=1S/C17H29N3/c1-4-15-6-5-9-20(13-15)17-12-18-8-7-16(17)11-19-10-14(2)3/h7-8,12,14-15,19H,4-6,9-11,13H2,1-3H3. The minimum absolute atomic E-state index is 0.694. The molecule has 0 spiro atoms. The maximum atomic E-state index is 4.35. The van der Waals surface area contributed by atoms with E-state index in [9.17, 15) is 0 Å². The second-order valence-electron chi connectivity index (χ2n) is 6.39. The monoisotopic (exact) mass is 275 g/mol. The van der Waals surface area contributed by atoms with Gasteiger partial charge in [0.2, 0.25) is 0 Å². The number of hydrogen-bond acceptors (Lipinski definition) is 3. The molecule has 0 aromatic carbocycles. The molecule has 3 nitrogen and oxygen atoms in total. The van der Waals surface area contributed by atoms with Crippen molar-refractivity contribution in [2.24, 2.45) is 11.8 Å². The first kappa shape index (κ1) is 15.3. The molecule has 3 heteroatoms. The third-order valence-corrected chi connectivity index (χ3v) is 4.19. The molecular formula is C17H29N3. The summed E-state index contributed by atoms with van der Waals surface area (Å²) in [5, 5.41) is 3.55. The minimum atomic E-state index is 0.694. The zero-order valence-electron chi connectivity index (χ0n) is 13.2. The van der Waals surface area contributed by atoms with Crippen molar-refractivity contribution in [1.82, 2.24) is 10.3 Å². The summed E-state index contributed by atoms with van der Waals surface area (Å²) in [7, 11) is 0. The van der Waals surface area contributed by atoms with Gasteiger partial charge in [-0.15, -0.1) is 0 Å². The van der Waals surface area contributed by atoms with Crippen LogP contribution < -0.4 is 10.2 Å². The van der Waals surface area contributed by atoms with E-state index in [-0.39, 0.29) is 0 Å². The molecule has 1 aliphatic heterocycles. The molecule has 1 aromatic heterocycles. The average molecular weight is 275 g/mol. The van der Waals surface area contributed by atoms with Crippen LogP contribution in [0.25, 0.3) is 0 Å². The van der Waals surface area contributed by atoms with Crippen molar-refractivity contribution in [3.8, 4) is 0 Å². The van der Waals surface area contributed by atoms with Crippen LogP contribution in [0.3, 0.4) is 0 Å². The fourth-order valence-corrected chi connectivity index (χ4v) is 2.96. The van der Waals surface area contributed by atoms with E-state index in [0.717, 1.165) is 19.0 Å². The molecule has 1 aromatic rings. The van der Waals surface area contributed by atoms with Crippen LogP contribution in [0.5, 0.6) is 0 Å². The summed E-state index contributed by atoms with van der Waals surface area (Å²) in [5.41, 5.74) is 2.72. The lowest BCUT2D eigenvalue weighted by Gasteiger charge is -2.35. The van der Waals surface area contributed by atoms with Gasteiger partial charge in [0.25, 0.3) is 0 Å². The van der Waals surface area contributed by atoms with E-state index in [1.165, 1.54) is 43.6 Å². The smallest absolute Gasteiger partial charge is 0.0598 e. The Kier molecular flexibility index (Phi) is 5.84. The van der Waals surface area contributed by atoms with E-state index in [1.807, 2.05) is 12.4 Å². The molecule has 1 aliphatic rings. The van der Waals surface area contributed by atoms with Crippen LogP contribution in [-0.4, -0.2) is 24.6 Å². The van der Waals surface area contributed by atoms with Gasteiger partial charge in [0, 0.05) is 25.8 Å². The molecule has 0 radical (unpaired) electrons. The maximum Gasteiger partial charge on any atom is 0.0598 e. The van der Waals surface area contributed by atoms with Crippen molar-refractivity contribution in [2.75, 3.05) is 24.5 Å². The normalized spacial score (nSPS) is 19.6. The fourth-order valence-electron chi connectivity index (χ4n) is 2.96. The third kappa shape index (κ3) is 4.20. The summed E-state index contributed by atoms with van der Waals surface area (Å²) in [6.45, 7) is 11.2. The predicted molar refractivity (Wildman–Crippen MR) is 86.0 cm³/mol. The van der Waals surface area contributed by atoms with Gasteiger partial charge >= 0.3 is 0 Å². The Balaban J connectivity index is 2.03. The van der Waals surface area contributed by atoms with E-state index in [4.69, 9.17) is 0 Å². The molecule has 2 rings (SSSR count). The van der Waals surface area contributed by atoms with Gasteiger partial charge in [-0.25, -0.2) is 0 Å². The van der Waals surface area contributed by atoms with Crippen LogP contribution >= 0.6 is 0 Å². The number of aromatic nitrogens is 1. The van der Waals surface area contributed by atoms with Crippen LogP contribution in [-0.2, 0) is 6.54 Å². The molecule has 0 amide bonds. The zero-order chi connectivity index (χ0) is 14.4. The lowest BCUT2D eigenvalue weighted by molar-refractivity contribution is 0.404. The highest BCUT2D eigenvalue weighted by atomic mass is 15.1. The van der Waals surface area contributed by atoms with Crippen molar-refractivity contribution < 1.29 is 0 Å². The largest absolute Gasteiger partial charge is 0.370 e. The summed E-state index contributed by atoms with van der Waals surface area (Å²) < 4.78 is 0. The van der Waals surface area contributed by atoms with Gasteiger partial charge in [-0.1, -0.05) is 27.2 Å². The molecule has 0 bridgehead atoms. The van der Waals surface area contributed by atoms with Crippen LogP contribution in [0.2, 0.25) is 0 Å². The number of pyridine rings is 1. The number of hydrogen-bond donors (Lipinski definition) is 1. The van der Waals surface area contributed by atoms with Crippen molar-refractivity contribution in [3.63, 3.8) is 0 Å². The second-order valence-corrected chi connectivity index (χ2v) is 6.39. The summed E-state index contributed by atoms with van der Waals surface area (Å²) >= 11 is 0. The highest BCUT2D eigenvalue weighted by molar-refractivity contribution is 5.52. The van der Waals surface area contributed by atoms with Gasteiger partial charge in [0.1, 0.15) is 0 Å². The van der Waals surface area contributed by atoms with E-state index >= 15 is 0 Å². The highest BCUT2D eigenvalue weighted by Crippen LogP contribution is 2.26. The molecule has 20 heavy (non-hydrogen) atoms. The number of piperidine rings is 1. The van der Waals surface area contributed by atoms with Gasteiger partial charge in [0.15, 0.2) is 0 Å². The second kappa shape index (κ2) is 7.63. The number of nitrogens with one attached hydrogen (secondary N) is 1. The summed E-state index contributed by atoms with van der Waals surface area (Å²) in [5.74, 6) is 1.54. The first-order chi connectivity index (χ1) is 9.70. The van der Waals surface area contributed by atoms with E-state index in [1.54, 1.807) is 0 Å². The van der Waals surface area contributed by atoms with Gasteiger partial charge < -0.3 is 10.2 Å². The van der Waals surface area contributed by atoms with Gasteiger partial charge in [-0.05, 0) is 42.9 Å². The molecule has 1 saturated heterocycles. The Bertz CT molecular complexity index is 403. The first-order valence-electron chi connectivity index (χ1n) is 8.09. The van der Waals surface area contributed by atoms with Crippen LogP contribution in [0, 0.1) is 11.8 Å². The van der Waals surface area contributed by atoms with Gasteiger partial charge in [-0.3, -0.25) is 4.98 Å². The molecule has 0 aliphatic carbocycles. The molecular weight excluding hydrogens is 246 g/mol. The molecule has 112 valence electrons.